The number of nitriles is 1. The van der Waals surface area contributed by atoms with Crippen LogP contribution in [0.15, 0.2) is 0 Å². The van der Waals surface area contributed by atoms with Crippen molar-refractivity contribution in [2.24, 2.45) is 5.92 Å². The maximum absolute atomic E-state index is 12.4. The molecule has 1 aliphatic carbocycles. The quantitative estimate of drug-likeness (QED) is 0.844. The van der Waals surface area contributed by atoms with Crippen LogP contribution in [-0.2, 0) is 9.53 Å². The zero-order valence-corrected chi connectivity index (χ0v) is 14.6. The highest BCUT2D eigenvalue weighted by molar-refractivity contribution is 7.18. The molecule has 1 aromatic rings. The maximum Gasteiger partial charge on any atom is 0.348 e. The van der Waals surface area contributed by atoms with Gasteiger partial charge < -0.3 is 10.1 Å². The monoisotopic (exact) mass is 334 g/mol. The van der Waals surface area contributed by atoms with Gasteiger partial charge in [0.15, 0.2) is 0 Å². The third-order valence-corrected chi connectivity index (χ3v) is 5.19. The van der Waals surface area contributed by atoms with E-state index in [0.717, 1.165) is 37.0 Å². The van der Waals surface area contributed by atoms with Crippen LogP contribution in [0.5, 0.6) is 0 Å². The van der Waals surface area contributed by atoms with Crippen LogP contribution in [-0.4, -0.2) is 18.0 Å². The Morgan fingerprint density at radius 2 is 1.96 bits per heavy atom. The van der Waals surface area contributed by atoms with Gasteiger partial charge in [-0.3, -0.25) is 4.79 Å². The summed E-state index contributed by atoms with van der Waals surface area (Å²) in [7, 11) is 0. The molecule has 0 atom stereocenters. The van der Waals surface area contributed by atoms with Crippen molar-refractivity contribution in [1.82, 2.24) is 0 Å². The third kappa shape index (κ3) is 4.11. The van der Waals surface area contributed by atoms with Crippen molar-refractivity contribution in [2.45, 2.75) is 59.0 Å². The molecule has 2 rings (SSSR count). The second-order valence-corrected chi connectivity index (χ2v) is 7.17. The minimum Gasteiger partial charge on any atom is -0.459 e. The lowest BCUT2D eigenvalue weighted by molar-refractivity contribution is -0.120. The fourth-order valence-electron chi connectivity index (χ4n) is 2.78. The molecule has 1 fully saturated rings. The Balaban J connectivity index is 2.20. The number of hydrogen-bond acceptors (Lipinski definition) is 5. The van der Waals surface area contributed by atoms with Gasteiger partial charge in [-0.15, -0.1) is 11.3 Å². The lowest BCUT2D eigenvalue weighted by atomic mass is 9.89. The predicted molar refractivity (Wildman–Crippen MR) is 89.5 cm³/mol. The van der Waals surface area contributed by atoms with Crippen LogP contribution < -0.4 is 5.32 Å². The first-order chi connectivity index (χ1) is 10.9. The molecule has 1 amide bonds. The van der Waals surface area contributed by atoms with Gasteiger partial charge in [0.1, 0.15) is 15.9 Å². The molecule has 0 unspecified atom stereocenters. The van der Waals surface area contributed by atoms with Gasteiger partial charge in [0.2, 0.25) is 5.91 Å². The molecule has 0 bridgehead atoms. The standard InChI is InChI=1S/C17H22N2O3S/c1-10(2)22-17(21)14-11(3)13(9-18)16(23-14)19-15(20)12-7-5-4-6-8-12/h10,12H,4-8H2,1-3H3,(H,19,20). The fraction of sp³-hybridized carbons (Fsp3) is 0.588. The summed E-state index contributed by atoms with van der Waals surface area (Å²) in [5.41, 5.74) is 0.928. The number of thiophene rings is 1. The highest BCUT2D eigenvalue weighted by Crippen LogP contribution is 2.34. The van der Waals surface area contributed by atoms with Crippen LogP contribution >= 0.6 is 11.3 Å². The first-order valence-corrected chi connectivity index (χ1v) is 8.81. The molecule has 1 aromatic heterocycles. The molecule has 0 spiro atoms. The summed E-state index contributed by atoms with van der Waals surface area (Å²) in [5.74, 6) is -0.493. The number of rotatable bonds is 4. The Kier molecular flexibility index (Phi) is 5.78. The van der Waals surface area contributed by atoms with E-state index in [0.29, 0.717) is 21.0 Å². The van der Waals surface area contributed by atoms with E-state index in [2.05, 4.69) is 11.4 Å². The average Bonchev–Trinajstić information content (AvgIpc) is 2.83. The zero-order valence-electron chi connectivity index (χ0n) is 13.8. The topological polar surface area (TPSA) is 79.2 Å². The lowest BCUT2D eigenvalue weighted by Crippen LogP contribution is -2.24. The van der Waals surface area contributed by atoms with Gasteiger partial charge in [-0.25, -0.2) is 4.79 Å². The zero-order chi connectivity index (χ0) is 17.0. The van der Waals surface area contributed by atoms with Crippen molar-refractivity contribution in [3.05, 3.63) is 16.0 Å². The molecule has 0 aliphatic heterocycles. The molecule has 0 radical (unpaired) electrons. The second kappa shape index (κ2) is 7.60. The highest BCUT2D eigenvalue weighted by Gasteiger charge is 2.26. The van der Waals surface area contributed by atoms with E-state index in [9.17, 15) is 14.9 Å². The highest BCUT2D eigenvalue weighted by atomic mass is 32.1. The largest absolute Gasteiger partial charge is 0.459 e. The number of hydrogen-bond donors (Lipinski definition) is 1. The van der Waals surface area contributed by atoms with Gasteiger partial charge in [0.05, 0.1) is 11.7 Å². The van der Waals surface area contributed by atoms with Crippen molar-refractivity contribution in [3.8, 4) is 6.07 Å². The Morgan fingerprint density at radius 3 is 2.52 bits per heavy atom. The minimum atomic E-state index is -0.447. The van der Waals surface area contributed by atoms with Gasteiger partial charge >= 0.3 is 5.97 Å². The smallest absolute Gasteiger partial charge is 0.348 e. The SMILES string of the molecule is Cc1c(C(=O)OC(C)C)sc(NC(=O)C2CCCCC2)c1C#N. The number of anilines is 1. The predicted octanol–water partition coefficient (Wildman–Crippen LogP) is 4.01. The normalized spacial score (nSPS) is 15.3. The number of nitrogens with zero attached hydrogens (tertiary/aromatic N) is 1. The number of amides is 1. The maximum atomic E-state index is 12.4. The molecular formula is C17H22N2O3S. The van der Waals surface area contributed by atoms with Crippen LogP contribution in [0.25, 0.3) is 0 Å². The van der Waals surface area contributed by atoms with Crippen LogP contribution in [0.1, 0.15) is 66.8 Å². The summed E-state index contributed by atoms with van der Waals surface area (Å²) in [5, 5.41) is 12.7. The van der Waals surface area contributed by atoms with Crippen LogP contribution in [0.2, 0.25) is 0 Å². The summed E-state index contributed by atoms with van der Waals surface area (Å²) in [6.07, 6.45) is 4.86. The van der Waals surface area contributed by atoms with E-state index >= 15 is 0 Å². The lowest BCUT2D eigenvalue weighted by Gasteiger charge is -2.20. The summed E-state index contributed by atoms with van der Waals surface area (Å²) in [4.78, 5) is 24.9. The number of ether oxygens (including phenoxy) is 1. The van der Waals surface area contributed by atoms with Crippen LogP contribution in [0.4, 0.5) is 5.00 Å². The van der Waals surface area contributed by atoms with Crippen LogP contribution in [0, 0.1) is 24.2 Å². The second-order valence-electron chi connectivity index (χ2n) is 6.15. The van der Waals surface area contributed by atoms with Crippen molar-refractivity contribution in [2.75, 3.05) is 5.32 Å². The fourth-order valence-corrected chi connectivity index (χ4v) is 3.82. The van der Waals surface area contributed by atoms with Crippen LogP contribution in [0.3, 0.4) is 0 Å². The first-order valence-electron chi connectivity index (χ1n) is 7.99. The van der Waals surface area contributed by atoms with Gasteiger partial charge in [0.25, 0.3) is 0 Å². The third-order valence-electron chi connectivity index (χ3n) is 4.00. The Bertz CT molecular complexity index is 637. The van der Waals surface area contributed by atoms with E-state index in [1.165, 1.54) is 6.42 Å². The van der Waals surface area contributed by atoms with Gasteiger partial charge in [-0.2, -0.15) is 5.26 Å². The molecule has 0 aromatic carbocycles. The van der Waals surface area contributed by atoms with Gasteiger partial charge in [0, 0.05) is 5.92 Å². The Hall–Kier alpha value is -1.87. The first kappa shape index (κ1) is 17.5. The molecule has 1 heterocycles. The van der Waals surface area contributed by atoms with Crippen molar-refractivity contribution >= 4 is 28.2 Å². The molecule has 1 saturated carbocycles. The van der Waals surface area contributed by atoms with E-state index in [-0.39, 0.29) is 17.9 Å². The van der Waals surface area contributed by atoms with E-state index in [4.69, 9.17) is 4.74 Å². The van der Waals surface area contributed by atoms with Gasteiger partial charge in [-0.05, 0) is 39.2 Å². The molecular weight excluding hydrogens is 312 g/mol. The Morgan fingerprint density at radius 1 is 1.30 bits per heavy atom. The minimum absolute atomic E-state index is 0.00349. The molecule has 6 heteroatoms. The van der Waals surface area contributed by atoms with Crippen molar-refractivity contribution in [3.63, 3.8) is 0 Å². The summed E-state index contributed by atoms with van der Waals surface area (Å²) in [6, 6.07) is 2.09. The molecule has 5 nitrogen and oxygen atoms in total. The van der Waals surface area contributed by atoms with Gasteiger partial charge in [-0.1, -0.05) is 19.3 Å². The number of carbonyl (C=O) groups is 2. The molecule has 0 saturated heterocycles. The van der Waals surface area contributed by atoms with E-state index in [1.807, 2.05) is 0 Å². The molecule has 1 aliphatic rings. The van der Waals surface area contributed by atoms with E-state index in [1.54, 1.807) is 20.8 Å². The number of esters is 1. The van der Waals surface area contributed by atoms with E-state index < -0.39 is 5.97 Å². The summed E-state index contributed by atoms with van der Waals surface area (Å²) < 4.78 is 5.20. The molecule has 23 heavy (non-hydrogen) atoms. The molecule has 124 valence electrons. The summed E-state index contributed by atoms with van der Waals surface area (Å²) in [6.45, 7) is 5.26. The Labute approximate surface area is 140 Å². The summed E-state index contributed by atoms with van der Waals surface area (Å²) >= 11 is 1.12. The number of carbonyl (C=O) groups excluding carboxylic acids is 2. The number of nitrogens with one attached hydrogen (secondary N) is 1. The average molecular weight is 334 g/mol. The molecule has 1 N–H and O–H groups in total. The van der Waals surface area contributed by atoms with Crippen molar-refractivity contribution < 1.29 is 14.3 Å². The van der Waals surface area contributed by atoms with Crippen molar-refractivity contribution in [1.29, 1.82) is 5.26 Å².